The first-order chi connectivity index (χ1) is 11.1. The second-order valence-electron chi connectivity index (χ2n) is 7.55. The first-order valence-electron chi connectivity index (χ1n) is 8.21. The van der Waals surface area contributed by atoms with E-state index in [-0.39, 0.29) is 5.97 Å². The zero-order valence-electron chi connectivity index (χ0n) is 15.4. The predicted octanol–water partition coefficient (Wildman–Crippen LogP) is 4.34. The minimum Gasteiger partial charge on any atom is -0.469 e. The molecule has 1 aliphatic rings. The first kappa shape index (κ1) is 19.2. The molecule has 0 N–H and O–H groups in total. The van der Waals surface area contributed by atoms with Crippen molar-refractivity contribution in [3.63, 3.8) is 0 Å². The van der Waals surface area contributed by atoms with Crippen molar-refractivity contribution in [1.29, 1.82) is 0 Å². The highest BCUT2D eigenvalue weighted by Crippen LogP contribution is 2.55. The highest BCUT2D eigenvalue weighted by molar-refractivity contribution is 6.69. The van der Waals surface area contributed by atoms with Crippen LogP contribution in [-0.4, -0.2) is 21.4 Å². The first-order valence-corrected chi connectivity index (χ1v) is 11.6. The Morgan fingerprint density at radius 2 is 1.54 bits per heavy atom. The molecule has 1 aromatic rings. The van der Waals surface area contributed by atoms with Crippen molar-refractivity contribution in [2.45, 2.75) is 39.1 Å². The van der Waals surface area contributed by atoms with Gasteiger partial charge < -0.3 is 9.16 Å². The van der Waals surface area contributed by atoms with Crippen LogP contribution in [0.2, 0.25) is 19.6 Å². The van der Waals surface area contributed by atoms with Gasteiger partial charge in [-0.3, -0.25) is 4.79 Å². The number of carbonyl (C=O) groups is 1. The van der Waals surface area contributed by atoms with Crippen molar-refractivity contribution >= 4 is 14.3 Å². The quantitative estimate of drug-likeness (QED) is 0.569. The third kappa shape index (κ3) is 3.45. The standard InChI is InChI=1S/C20H27O3Si/c1-19(2,18(21)22-3)20(23-24(4,5)6,17-14-10-11-15-17)16-12-8-7-9-13-16/h7-15H,1-6H3. The molecule has 1 atom stereocenters. The van der Waals surface area contributed by atoms with E-state index >= 15 is 0 Å². The summed E-state index contributed by atoms with van der Waals surface area (Å²) in [6, 6.07) is 9.98. The maximum atomic E-state index is 12.7. The van der Waals surface area contributed by atoms with Gasteiger partial charge in [0.15, 0.2) is 8.32 Å². The molecular formula is C20H27O3Si. The normalized spacial score (nSPS) is 19.1. The summed E-state index contributed by atoms with van der Waals surface area (Å²) in [4.78, 5) is 12.7. The van der Waals surface area contributed by atoms with Crippen molar-refractivity contribution in [2.24, 2.45) is 5.41 Å². The lowest BCUT2D eigenvalue weighted by Crippen LogP contribution is -2.57. The van der Waals surface area contributed by atoms with E-state index < -0.39 is 19.3 Å². The summed E-state index contributed by atoms with van der Waals surface area (Å²) in [5.41, 5.74) is -0.818. The van der Waals surface area contributed by atoms with Gasteiger partial charge in [-0.25, -0.2) is 0 Å². The van der Waals surface area contributed by atoms with Crippen LogP contribution in [0, 0.1) is 37.0 Å². The van der Waals surface area contributed by atoms with E-state index in [9.17, 15) is 4.79 Å². The van der Waals surface area contributed by atoms with Crippen molar-refractivity contribution in [1.82, 2.24) is 0 Å². The number of carbonyl (C=O) groups excluding carboxylic acids is 1. The number of hydrogen-bond acceptors (Lipinski definition) is 3. The number of ether oxygens (including phenoxy) is 1. The fourth-order valence-corrected chi connectivity index (χ4v) is 4.68. The summed E-state index contributed by atoms with van der Waals surface area (Å²) in [5, 5.41) is 0. The Morgan fingerprint density at radius 3 is 2.00 bits per heavy atom. The molecule has 0 saturated heterocycles. The topological polar surface area (TPSA) is 35.5 Å². The number of hydrogen-bond donors (Lipinski definition) is 0. The number of methoxy groups -OCH3 is 1. The van der Waals surface area contributed by atoms with Crippen LogP contribution < -0.4 is 0 Å². The molecule has 0 aliphatic heterocycles. The molecule has 1 unspecified atom stereocenters. The molecule has 1 aromatic carbocycles. The lowest BCUT2D eigenvalue weighted by Gasteiger charge is -2.51. The van der Waals surface area contributed by atoms with Crippen LogP contribution in [0.15, 0.2) is 30.3 Å². The molecule has 0 bridgehead atoms. The molecular weight excluding hydrogens is 316 g/mol. The molecule has 4 heteroatoms. The summed E-state index contributed by atoms with van der Waals surface area (Å²) in [6.45, 7) is 10.2. The van der Waals surface area contributed by atoms with E-state index in [0.29, 0.717) is 0 Å². The molecule has 129 valence electrons. The molecule has 24 heavy (non-hydrogen) atoms. The van der Waals surface area contributed by atoms with Crippen molar-refractivity contribution in [3.05, 3.63) is 67.5 Å². The van der Waals surface area contributed by atoms with Gasteiger partial charge in [-0.05, 0) is 64.7 Å². The smallest absolute Gasteiger partial charge is 0.314 e. The second-order valence-corrected chi connectivity index (χ2v) is 12.0. The zero-order valence-corrected chi connectivity index (χ0v) is 16.4. The minimum atomic E-state index is -2.01. The van der Waals surface area contributed by atoms with Gasteiger partial charge in [0.05, 0.1) is 12.5 Å². The van der Waals surface area contributed by atoms with Gasteiger partial charge in [-0.15, -0.1) is 0 Å². The van der Waals surface area contributed by atoms with Crippen molar-refractivity contribution in [2.75, 3.05) is 7.11 Å². The Kier molecular flexibility index (Phi) is 5.60. The molecule has 3 nitrogen and oxygen atoms in total. The SMILES string of the molecule is COC(=O)C(C)(C)C(O[Si](C)(C)C)([C]1[CH][CH][CH][CH]1)c1ccccc1. The average molecular weight is 344 g/mol. The Hall–Kier alpha value is -1.13. The van der Waals surface area contributed by atoms with Crippen LogP contribution in [0.25, 0.3) is 0 Å². The summed E-state index contributed by atoms with van der Waals surface area (Å²) in [7, 11) is -0.578. The number of rotatable bonds is 6. The molecule has 0 heterocycles. The van der Waals surface area contributed by atoms with Gasteiger partial charge >= 0.3 is 5.97 Å². The lowest BCUT2D eigenvalue weighted by atomic mass is 9.63. The van der Waals surface area contributed by atoms with Gasteiger partial charge in [0.2, 0.25) is 0 Å². The van der Waals surface area contributed by atoms with Gasteiger partial charge in [0, 0.05) is 5.92 Å². The van der Waals surface area contributed by atoms with Gasteiger partial charge in [0.1, 0.15) is 5.60 Å². The molecule has 1 saturated carbocycles. The molecule has 1 aliphatic carbocycles. The van der Waals surface area contributed by atoms with Crippen LogP contribution in [0.1, 0.15) is 19.4 Å². The minimum absolute atomic E-state index is 0.286. The van der Waals surface area contributed by atoms with Crippen LogP contribution in [0.3, 0.4) is 0 Å². The molecule has 0 aromatic heterocycles. The molecule has 1 fully saturated rings. The third-order valence-corrected chi connectivity index (χ3v) is 5.20. The summed E-state index contributed by atoms with van der Waals surface area (Å²) in [6.07, 6.45) is 8.01. The van der Waals surface area contributed by atoms with E-state index in [0.717, 1.165) is 11.5 Å². The van der Waals surface area contributed by atoms with E-state index in [1.807, 2.05) is 69.9 Å². The van der Waals surface area contributed by atoms with Crippen LogP contribution >= 0.6 is 0 Å². The number of esters is 1. The largest absolute Gasteiger partial charge is 0.469 e. The fraction of sp³-hybridized carbons (Fsp3) is 0.400. The maximum Gasteiger partial charge on any atom is 0.314 e. The van der Waals surface area contributed by atoms with Gasteiger partial charge in [-0.2, -0.15) is 0 Å². The summed E-state index contributed by atoms with van der Waals surface area (Å²) < 4.78 is 11.9. The lowest BCUT2D eigenvalue weighted by molar-refractivity contribution is -0.165. The molecule has 2 rings (SSSR count). The second kappa shape index (κ2) is 7.01. The van der Waals surface area contributed by atoms with Crippen molar-refractivity contribution < 1.29 is 14.0 Å². The molecule has 0 amide bonds. The van der Waals surface area contributed by atoms with Crippen molar-refractivity contribution in [3.8, 4) is 0 Å². The maximum absolute atomic E-state index is 12.7. The Morgan fingerprint density at radius 1 is 1.00 bits per heavy atom. The molecule has 0 spiro atoms. The molecule has 5 radical (unpaired) electrons. The summed E-state index contributed by atoms with van der Waals surface area (Å²) >= 11 is 0. The van der Waals surface area contributed by atoms with E-state index in [1.165, 1.54) is 7.11 Å². The van der Waals surface area contributed by atoms with E-state index in [1.54, 1.807) is 0 Å². The highest BCUT2D eigenvalue weighted by Gasteiger charge is 2.59. The zero-order chi connectivity index (χ0) is 18.0. The van der Waals surface area contributed by atoms with Crippen LogP contribution in [0.5, 0.6) is 0 Å². The third-order valence-electron chi connectivity index (χ3n) is 4.28. The van der Waals surface area contributed by atoms with Crippen LogP contribution in [-0.2, 0) is 19.6 Å². The van der Waals surface area contributed by atoms with Gasteiger partial charge in [0.25, 0.3) is 0 Å². The van der Waals surface area contributed by atoms with E-state index in [4.69, 9.17) is 9.16 Å². The fourth-order valence-electron chi connectivity index (χ4n) is 3.27. The number of benzene rings is 1. The Balaban J connectivity index is 2.70. The Bertz CT molecular complexity index is 556. The monoisotopic (exact) mass is 343 g/mol. The highest BCUT2D eigenvalue weighted by atomic mass is 28.4. The van der Waals surface area contributed by atoms with E-state index in [2.05, 4.69) is 19.6 Å². The van der Waals surface area contributed by atoms with Gasteiger partial charge in [-0.1, -0.05) is 30.3 Å². The average Bonchev–Trinajstić information content (AvgIpc) is 3.06. The van der Waals surface area contributed by atoms with Crippen LogP contribution in [0.4, 0.5) is 0 Å². The Labute approximate surface area is 147 Å². The predicted molar refractivity (Wildman–Crippen MR) is 98.8 cm³/mol. The summed E-state index contributed by atoms with van der Waals surface area (Å²) in [5.74, 6) is 0.692.